The molecule has 11 heteroatoms. The van der Waals surface area contributed by atoms with Crippen molar-refractivity contribution in [2.75, 3.05) is 44.4 Å². The smallest absolute Gasteiger partial charge is 0.243 e. The molecule has 1 aliphatic rings. The van der Waals surface area contributed by atoms with E-state index in [0.29, 0.717) is 55.4 Å². The number of morpholine rings is 1. The first-order valence-electron chi connectivity index (χ1n) is 9.83. The molecule has 0 saturated carbocycles. The van der Waals surface area contributed by atoms with E-state index in [9.17, 15) is 8.42 Å². The van der Waals surface area contributed by atoms with Crippen LogP contribution < -0.4 is 10.5 Å². The Balaban J connectivity index is 1.32. The lowest BCUT2D eigenvalue weighted by Crippen LogP contribution is -2.40. The number of ether oxygens (including phenoxy) is 2. The van der Waals surface area contributed by atoms with Crippen molar-refractivity contribution in [3.05, 3.63) is 34.7 Å². The predicted octanol–water partition coefficient (Wildman–Crippen LogP) is 3.08. The second-order valence-electron chi connectivity index (χ2n) is 7.04. The van der Waals surface area contributed by atoms with Crippen molar-refractivity contribution < 1.29 is 17.9 Å². The van der Waals surface area contributed by atoms with Crippen molar-refractivity contribution in [1.29, 1.82) is 0 Å². The predicted molar refractivity (Wildman–Crippen MR) is 124 cm³/mol. The standard InChI is InChI=1S/C20H24N4O4S3/c1-13-14(2)30-19-17(13)18(21)22-20(23-19)29-12-11-28-15-3-5-16(6-4-15)31(25,26)24-7-9-27-10-8-24/h3-6H,7-12H2,1-2H3,(H2,21,22,23). The van der Waals surface area contributed by atoms with Gasteiger partial charge >= 0.3 is 0 Å². The first-order valence-corrected chi connectivity index (χ1v) is 13.1. The Labute approximate surface area is 189 Å². The maximum absolute atomic E-state index is 12.7. The third-order valence-corrected chi connectivity index (χ3v) is 8.88. The number of thiophene rings is 1. The fourth-order valence-electron chi connectivity index (χ4n) is 3.26. The minimum atomic E-state index is -3.50. The summed E-state index contributed by atoms with van der Waals surface area (Å²) in [6.45, 7) is 6.12. The molecule has 0 spiro atoms. The molecule has 1 fully saturated rings. The van der Waals surface area contributed by atoms with Crippen molar-refractivity contribution in [3.8, 4) is 5.75 Å². The number of benzene rings is 1. The molecule has 2 aromatic heterocycles. The summed E-state index contributed by atoms with van der Waals surface area (Å²) in [7, 11) is -3.50. The molecule has 0 bridgehead atoms. The van der Waals surface area contributed by atoms with Gasteiger partial charge in [0.15, 0.2) is 5.16 Å². The molecule has 0 atom stereocenters. The third kappa shape index (κ3) is 4.80. The normalized spacial score (nSPS) is 15.4. The Morgan fingerprint density at radius 1 is 1.19 bits per heavy atom. The summed E-state index contributed by atoms with van der Waals surface area (Å²) in [5.41, 5.74) is 7.26. The molecule has 3 heterocycles. The molecular weight excluding hydrogens is 456 g/mol. The van der Waals surface area contributed by atoms with Gasteiger partial charge in [-0.3, -0.25) is 0 Å². The molecule has 0 radical (unpaired) electrons. The van der Waals surface area contributed by atoms with E-state index in [-0.39, 0.29) is 4.90 Å². The van der Waals surface area contributed by atoms with Gasteiger partial charge in [-0.25, -0.2) is 18.4 Å². The van der Waals surface area contributed by atoms with Crippen LogP contribution in [-0.2, 0) is 14.8 Å². The third-order valence-electron chi connectivity index (χ3n) is 5.05. The van der Waals surface area contributed by atoms with Gasteiger partial charge in [-0.2, -0.15) is 4.31 Å². The zero-order valence-electron chi connectivity index (χ0n) is 17.3. The minimum Gasteiger partial charge on any atom is -0.493 e. The number of anilines is 1. The lowest BCUT2D eigenvalue weighted by Gasteiger charge is -2.26. The highest BCUT2D eigenvalue weighted by Crippen LogP contribution is 2.33. The maximum atomic E-state index is 12.7. The minimum absolute atomic E-state index is 0.259. The van der Waals surface area contributed by atoms with Crippen LogP contribution in [-0.4, -0.2) is 61.4 Å². The van der Waals surface area contributed by atoms with Crippen LogP contribution in [0.15, 0.2) is 34.3 Å². The van der Waals surface area contributed by atoms with E-state index in [1.54, 1.807) is 35.6 Å². The molecule has 3 aromatic rings. The molecule has 31 heavy (non-hydrogen) atoms. The summed E-state index contributed by atoms with van der Waals surface area (Å²) in [5.74, 6) is 1.76. The Morgan fingerprint density at radius 3 is 2.61 bits per heavy atom. The number of nitrogens with zero attached hydrogens (tertiary/aromatic N) is 3. The largest absolute Gasteiger partial charge is 0.493 e. The number of thioether (sulfide) groups is 1. The first kappa shape index (κ1) is 22.3. The molecule has 166 valence electrons. The average Bonchev–Trinajstić information content (AvgIpc) is 3.06. The van der Waals surface area contributed by atoms with Crippen molar-refractivity contribution >= 4 is 49.2 Å². The summed E-state index contributed by atoms with van der Waals surface area (Å²) in [5, 5.41) is 1.57. The second kappa shape index (κ2) is 9.29. The van der Waals surface area contributed by atoms with Crippen molar-refractivity contribution in [2.24, 2.45) is 0 Å². The van der Waals surface area contributed by atoms with Crippen molar-refractivity contribution in [3.63, 3.8) is 0 Å². The average molecular weight is 481 g/mol. The van der Waals surface area contributed by atoms with Crippen LogP contribution in [0.25, 0.3) is 10.2 Å². The number of aromatic nitrogens is 2. The molecule has 1 aliphatic heterocycles. The van der Waals surface area contributed by atoms with Gasteiger partial charge in [-0.1, -0.05) is 11.8 Å². The van der Waals surface area contributed by atoms with Gasteiger partial charge < -0.3 is 15.2 Å². The van der Waals surface area contributed by atoms with Crippen LogP contribution >= 0.6 is 23.1 Å². The lowest BCUT2D eigenvalue weighted by atomic mass is 10.2. The number of sulfonamides is 1. The summed E-state index contributed by atoms with van der Waals surface area (Å²) in [4.78, 5) is 11.4. The molecule has 8 nitrogen and oxygen atoms in total. The SMILES string of the molecule is Cc1sc2nc(SCCOc3ccc(S(=O)(=O)N4CCOCC4)cc3)nc(N)c2c1C. The summed E-state index contributed by atoms with van der Waals surface area (Å²) < 4.78 is 37.7. The van der Waals surface area contributed by atoms with Crippen molar-refractivity contribution in [2.45, 2.75) is 23.9 Å². The van der Waals surface area contributed by atoms with E-state index < -0.39 is 10.0 Å². The zero-order valence-corrected chi connectivity index (χ0v) is 19.8. The molecule has 1 saturated heterocycles. The number of hydrogen-bond donors (Lipinski definition) is 1. The monoisotopic (exact) mass is 480 g/mol. The molecular formula is C20H24N4O4S3. The molecule has 4 rings (SSSR count). The van der Waals surface area contributed by atoms with Gasteiger partial charge in [0.2, 0.25) is 10.0 Å². The van der Waals surface area contributed by atoms with Gasteiger partial charge in [-0.05, 0) is 43.7 Å². The number of nitrogens with two attached hydrogens (primary N) is 1. The van der Waals surface area contributed by atoms with Crippen LogP contribution in [0.3, 0.4) is 0 Å². The molecule has 0 unspecified atom stereocenters. The van der Waals surface area contributed by atoms with Crippen LogP contribution in [0.5, 0.6) is 5.75 Å². The Kier molecular flexibility index (Phi) is 6.68. The Morgan fingerprint density at radius 2 is 1.90 bits per heavy atom. The number of hydrogen-bond acceptors (Lipinski definition) is 9. The zero-order chi connectivity index (χ0) is 22.0. The van der Waals surface area contributed by atoms with Gasteiger partial charge in [0.25, 0.3) is 0 Å². The second-order valence-corrected chi connectivity index (χ2v) is 11.2. The first-order chi connectivity index (χ1) is 14.9. The summed E-state index contributed by atoms with van der Waals surface area (Å²) >= 11 is 3.10. The van der Waals surface area contributed by atoms with Crippen LogP contribution in [0.2, 0.25) is 0 Å². The van der Waals surface area contributed by atoms with Gasteiger partial charge in [0, 0.05) is 23.7 Å². The highest BCUT2D eigenvalue weighted by atomic mass is 32.2. The van der Waals surface area contributed by atoms with E-state index in [1.807, 2.05) is 6.92 Å². The van der Waals surface area contributed by atoms with E-state index in [1.165, 1.54) is 20.9 Å². The van der Waals surface area contributed by atoms with E-state index in [4.69, 9.17) is 15.2 Å². The van der Waals surface area contributed by atoms with Gasteiger partial charge in [0.1, 0.15) is 16.4 Å². The molecule has 2 N–H and O–H groups in total. The summed E-state index contributed by atoms with van der Waals surface area (Å²) in [6.07, 6.45) is 0. The number of fused-ring (bicyclic) bond motifs is 1. The van der Waals surface area contributed by atoms with Crippen molar-refractivity contribution in [1.82, 2.24) is 14.3 Å². The van der Waals surface area contributed by atoms with E-state index in [2.05, 4.69) is 16.9 Å². The number of rotatable bonds is 7. The van der Waals surface area contributed by atoms with E-state index in [0.717, 1.165) is 15.8 Å². The summed E-state index contributed by atoms with van der Waals surface area (Å²) in [6, 6.07) is 6.50. The lowest BCUT2D eigenvalue weighted by molar-refractivity contribution is 0.0730. The quantitative estimate of drug-likeness (QED) is 0.312. The fourth-order valence-corrected chi connectivity index (χ4v) is 6.43. The van der Waals surface area contributed by atoms with Crippen LogP contribution in [0.1, 0.15) is 10.4 Å². The number of aryl methyl sites for hydroxylation is 2. The topological polar surface area (TPSA) is 108 Å². The van der Waals surface area contributed by atoms with Gasteiger partial charge in [0.05, 0.1) is 30.1 Å². The Bertz CT molecular complexity index is 1170. The molecule has 0 aliphatic carbocycles. The Hall–Kier alpha value is -1.92. The number of nitrogen functional groups attached to an aromatic ring is 1. The van der Waals surface area contributed by atoms with Crippen LogP contribution in [0, 0.1) is 13.8 Å². The van der Waals surface area contributed by atoms with Gasteiger partial charge in [-0.15, -0.1) is 11.3 Å². The molecule has 1 aromatic carbocycles. The fraction of sp³-hybridized carbons (Fsp3) is 0.400. The molecule has 0 amide bonds. The highest BCUT2D eigenvalue weighted by molar-refractivity contribution is 7.99. The highest BCUT2D eigenvalue weighted by Gasteiger charge is 2.26. The maximum Gasteiger partial charge on any atom is 0.243 e. The van der Waals surface area contributed by atoms with E-state index >= 15 is 0 Å². The van der Waals surface area contributed by atoms with Crippen LogP contribution in [0.4, 0.5) is 5.82 Å².